The molecule has 0 spiro atoms. The van der Waals surface area contributed by atoms with Gasteiger partial charge in [0.1, 0.15) is 6.33 Å². The standard InChI is InChI=1S/C13H14N6/c1-9-10-5-3-4-6-11(10)13(18-16-9)14-7-12-17-15-8-19(12)2/h3-6,8H,7H2,1-2H3,(H,14,18). The van der Waals surface area contributed by atoms with Crippen molar-refractivity contribution in [2.45, 2.75) is 13.5 Å². The summed E-state index contributed by atoms with van der Waals surface area (Å²) >= 11 is 0. The van der Waals surface area contributed by atoms with Crippen LogP contribution in [-0.2, 0) is 13.6 Å². The highest BCUT2D eigenvalue weighted by Crippen LogP contribution is 2.22. The topological polar surface area (TPSA) is 68.5 Å². The van der Waals surface area contributed by atoms with Gasteiger partial charge in [-0.05, 0) is 6.92 Å². The van der Waals surface area contributed by atoms with Gasteiger partial charge in [-0.25, -0.2) is 0 Å². The molecule has 2 aromatic heterocycles. The Labute approximate surface area is 110 Å². The molecule has 3 rings (SSSR count). The summed E-state index contributed by atoms with van der Waals surface area (Å²) in [6, 6.07) is 8.09. The van der Waals surface area contributed by atoms with E-state index < -0.39 is 0 Å². The van der Waals surface area contributed by atoms with Crippen molar-refractivity contribution in [1.29, 1.82) is 0 Å². The highest BCUT2D eigenvalue weighted by atomic mass is 15.3. The predicted octanol–water partition coefficient (Wildman–Crippen LogP) is 1.68. The van der Waals surface area contributed by atoms with Gasteiger partial charge in [-0.3, -0.25) is 0 Å². The minimum atomic E-state index is 0.568. The first kappa shape index (κ1) is 11.6. The maximum absolute atomic E-state index is 4.22. The molecule has 96 valence electrons. The summed E-state index contributed by atoms with van der Waals surface area (Å²) in [5.41, 5.74) is 0.930. The number of hydrogen-bond acceptors (Lipinski definition) is 5. The zero-order chi connectivity index (χ0) is 13.2. The number of nitrogens with zero attached hydrogens (tertiary/aromatic N) is 5. The monoisotopic (exact) mass is 254 g/mol. The lowest BCUT2D eigenvalue weighted by Gasteiger charge is -2.08. The van der Waals surface area contributed by atoms with E-state index in [4.69, 9.17) is 0 Å². The van der Waals surface area contributed by atoms with Gasteiger partial charge in [0.2, 0.25) is 0 Å². The summed E-state index contributed by atoms with van der Waals surface area (Å²) in [5.74, 6) is 1.62. The molecular weight excluding hydrogens is 240 g/mol. The highest BCUT2D eigenvalue weighted by Gasteiger charge is 2.07. The molecule has 0 atom stereocenters. The van der Waals surface area contributed by atoms with Gasteiger partial charge in [0.05, 0.1) is 12.2 Å². The number of aromatic nitrogens is 5. The molecule has 3 aromatic rings. The van der Waals surface area contributed by atoms with Crippen molar-refractivity contribution in [2.24, 2.45) is 7.05 Å². The number of fused-ring (bicyclic) bond motifs is 1. The van der Waals surface area contributed by atoms with E-state index >= 15 is 0 Å². The zero-order valence-corrected chi connectivity index (χ0v) is 10.8. The van der Waals surface area contributed by atoms with E-state index in [-0.39, 0.29) is 0 Å². The van der Waals surface area contributed by atoms with Crippen molar-refractivity contribution in [3.8, 4) is 0 Å². The Morgan fingerprint density at radius 2 is 1.89 bits per heavy atom. The van der Waals surface area contributed by atoms with Crippen LogP contribution in [0.5, 0.6) is 0 Å². The molecule has 0 aliphatic carbocycles. The molecule has 0 saturated heterocycles. The van der Waals surface area contributed by atoms with Gasteiger partial charge in [0.15, 0.2) is 11.6 Å². The largest absolute Gasteiger partial charge is 0.361 e. The van der Waals surface area contributed by atoms with Crippen LogP contribution in [0.4, 0.5) is 5.82 Å². The minimum Gasteiger partial charge on any atom is -0.361 e. The molecule has 1 N–H and O–H groups in total. The summed E-state index contributed by atoms with van der Waals surface area (Å²) < 4.78 is 1.87. The third kappa shape index (κ3) is 2.12. The van der Waals surface area contributed by atoms with Gasteiger partial charge in [0.25, 0.3) is 0 Å². The van der Waals surface area contributed by atoms with E-state index in [1.807, 2.05) is 42.8 Å². The van der Waals surface area contributed by atoms with Crippen molar-refractivity contribution in [3.63, 3.8) is 0 Å². The van der Waals surface area contributed by atoms with E-state index in [0.717, 1.165) is 28.1 Å². The van der Waals surface area contributed by atoms with Crippen molar-refractivity contribution >= 4 is 16.6 Å². The molecule has 0 amide bonds. The fourth-order valence-corrected chi connectivity index (χ4v) is 2.00. The molecule has 19 heavy (non-hydrogen) atoms. The van der Waals surface area contributed by atoms with Gasteiger partial charge in [0, 0.05) is 17.8 Å². The summed E-state index contributed by atoms with van der Waals surface area (Å²) in [6.45, 7) is 2.53. The molecule has 0 aliphatic rings. The SMILES string of the molecule is Cc1nnc(NCc2nncn2C)c2ccccc12. The molecule has 0 radical (unpaired) electrons. The number of hydrogen-bond donors (Lipinski definition) is 1. The smallest absolute Gasteiger partial charge is 0.156 e. The molecular formula is C13H14N6. The first-order chi connectivity index (χ1) is 9.25. The van der Waals surface area contributed by atoms with Crippen molar-refractivity contribution < 1.29 is 0 Å². The fourth-order valence-electron chi connectivity index (χ4n) is 2.00. The average molecular weight is 254 g/mol. The second-order valence-corrected chi connectivity index (χ2v) is 4.39. The van der Waals surface area contributed by atoms with Crippen LogP contribution >= 0.6 is 0 Å². The third-order valence-electron chi connectivity index (χ3n) is 3.09. The van der Waals surface area contributed by atoms with E-state index in [2.05, 4.69) is 25.7 Å². The minimum absolute atomic E-state index is 0.568. The summed E-state index contributed by atoms with van der Waals surface area (Å²) in [7, 11) is 1.91. The number of rotatable bonds is 3. The van der Waals surface area contributed by atoms with E-state index in [1.54, 1.807) is 6.33 Å². The Hall–Kier alpha value is -2.50. The highest BCUT2D eigenvalue weighted by molar-refractivity contribution is 5.92. The van der Waals surface area contributed by atoms with Crippen LogP contribution in [0.3, 0.4) is 0 Å². The second kappa shape index (κ2) is 4.64. The number of benzene rings is 1. The van der Waals surface area contributed by atoms with Gasteiger partial charge >= 0.3 is 0 Å². The summed E-state index contributed by atoms with van der Waals surface area (Å²) in [6.07, 6.45) is 1.68. The molecule has 2 heterocycles. The lowest BCUT2D eigenvalue weighted by atomic mass is 10.1. The van der Waals surface area contributed by atoms with E-state index in [9.17, 15) is 0 Å². The lowest BCUT2D eigenvalue weighted by molar-refractivity contribution is 0.808. The molecule has 6 heteroatoms. The van der Waals surface area contributed by atoms with E-state index in [1.165, 1.54) is 0 Å². The summed E-state index contributed by atoms with van der Waals surface area (Å²) in [4.78, 5) is 0. The molecule has 0 saturated carbocycles. The Morgan fingerprint density at radius 3 is 2.63 bits per heavy atom. The van der Waals surface area contributed by atoms with Crippen LogP contribution in [0.1, 0.15) is 11.5 Å². The van der Waals surface area contributed by atoms with Crippen LogP contribution in [0, 0.1) is 6.92 Å². The molecule has 6 nitrogen and oxygen atoms in total. The molecule has 0 aliphatic heterocycles. The van der Waals surface area contributed by atoms with Crippen molar-refractivity contribution in [1.82, 2.24) is 25.0 Å². The van der Waals surface area contributed by atoms with Crippen molar-refractivity contribution in [3.05, 3.63) is 42.1 Å². The first-order valence-corrected chi connectivity index (χ1v) is 6.04. The quantitative estimate of drug-likeness (QED) is 0.770. The maximum Gasteiger partial charge on any atom is 0.156 e. The maximum atomic E-state index is 4.22. The van der Waals surface area contributed by atoms with Crippen LogP contribution in [0.15, 0.2) is 30.6 Å². The number of aryl methyl sites for hydroxylation is 2. The normalized spacial score (nSPS) is 10.8. The Bertz CT molecular complexity index is 718. The first-order valence-electron chi connectivity index (χ1n) is 6.04. The lowest BCUT2D eigenvalue weighted by Crippen LogP contribution is -2.08. The third-order valence-corrected chi connectivity index (χ3v) is 3.09. The Balaban J connectivity index is 1.93. The fraction of sp³-hybridized carbons (Fsp3) is 0.231. The average Bonchev–Trinajstić information content (AvgIpc) is 2.84. The molecule has 0 bridgehead atoms. The van der Waals surface area contributed by atoms with Crippen molar-refractivity contribution in [2.75, 3.05) is 5.32 Å². The van der Waals surface area contributed by atoms with Crippen LogP contribution < -0.4 is 5.32 Å². The van der Waals surface area contributed by atoms with Gasteiger partial charge in [-0.2, -0.15) is 5.10 Å². The van der Waals surface area contributed by atoms with Gasteiger partial charge in [-0.15, -0.1) is 15.3 Å². The summed E-state index contributed by atoms with van der Waals surface area (Å²) in [5, 5.41) is 21.7. The Morgan fingerprint density at radius 1 is 1.11 bits per heavy atom. The van der Waals surface area contributed by atoms with Gasteiger partial charge < -0.3 is 9.88 Å². The van der Waals surface area contributed by atoms with Crippen LogP contribution in [0.2, 0.25) is 0 Å². The van der Waals surface area contributed by atoms with Crippen LogP contribution in [0.25, 0.3) is 10.8 Å². The molecule has 1 aromatic carbocycles. The number of anilines is 1. The molecule has 0 unspecified atom stereocenters. The van der Waals surface area contributed by atoms with E-state index in [0.29, 0.717) is 6.54 Å². The van der Waals surface area contributed by atoms with Gasteiger partial charge in [-0.1, -0.05) is 24.3 Å². The number of nitrogens with one attached hydrogen (secondary N) is 1. The molecule has 0 fully saturated rings. The Kier molecular flexibility index (Phi) is 2.83. The second-order valence-electron chi connectivity index (χ2n) is 4.39. The van der Waals surface area contributed by atoms with Crippen LogP contribution in [-0.4, -0.2) is 25.0 Å². The zero-order valence-electron chi connectivity index (χ0n) is 10.8. The predicted molar refractivity (Wildman–Crippen MR) is 72.6 cm³/mol.